The van der Waals surface area contributed by atoms with Crippen molar-refractivity contribution in [3.05, 3.63) is 0 Å². The van der Waals surface area contributed by atoms with Gasteiger partial charge in [0, 0.05) is 5.92 Å². The molecular weight excluding hydrogens is 282 g/mol. The van der Waals surface area contributed by atoms with E-state index in [0.717, 1.165) is 57.8 Å². The van der Waals surface area contributed by atoms with Gasteiger partial charge in [-0.25, -0.2) is 4.79 Å². The number of aliphatic hydroxyl groups excluding tert-OH is 1. The first-order valence-corrected chi connectivity index (χ1v) is 8.79. The largest absolute Gasteiger partial charge is 0.465 e. The molecule has 0 bridgehead atoms. The summed E-state index contributed by atoms with van der Waals surface area (Å²) in [6.07, 6.45) is 8.81. The molecule has 2 aliphatic carbocycles. The summed E-state index contributed by atoms with van der Waals surface area (Å²) in [5, 5.41) is 21.8. The van der Waals surface area contributed by atoms with Gasteiger partial charge in [-0.05, 0) is 25.2 Å². The molecular formula is C17H29NO4. The minimum absolute atomic E-state index is 0.0896. The van der Waals surface area contributed by atoms with Gasteiger partial charge in [-0.1, -0.05) is 51.4 Å². The number of hydrogen-bond acceptors (Lipinski definition) is 3. The molecule has 0 spiro atoms. The smallest absolute Gasteiger partial charge is 0.404 e. The molecule has 2 aliphatic rings. The van der Waals surface area contributed by atoms with Gasteiger partial charge in [-0.3, -0.25) is 4.79 Å². The molecule has 3 N–H and O–H groups in total. The highest BCUT2D eigenvalue weighted by Crippen LogP contribution is 2.30. The van der Waals surface area contributed by atoms with Crippen molar-refractivity contribution in [2.75, 3.05) is 0 Å². The Kier molecular flexibility index (Phi) is 6.68. The lowest BCUT2D eigenvalue weighted by Gasteiger charge is -2.31. The fourth-order valence-corrected chi connectivity index (χ4v) is 4.03. The third kappa shape index (κ3) is 4.97. The molecule has 0 aromatic heterocycles. The monoisotopic (exact) mass is 311 g/mol. The van der Waals surface area contributed by atoms with Gasteiger partial charge in [0.2, 0.25) is 0 Å². The average molecular weight is 311 g/mol. The molecule has 5 nitrogen and oxygen atoms in total. The molecule has 5 heteroatoms. The number of ketones is 1. The maximum absolute atomic E-state index is 12.5. The number of hydrogen-bond donors (Lipinski definition) is 3. The van der Waals surface area contributed by atoms with Gasteiger partial charge in [0.15, 0.2) is 5.78 Å². The number of carbonyl (C=O) groups excluding carboxylic acids is 1. The van der Waals surface area contributed by atoms with E-state index in [1.165, 1.54) is 6.42 Å². The number of carboxylic acid groups (broad SMARTS) is 1. The van der Waals surface area contributed by atoms with E-state index in [4.69, 9.17) is 5.11 Å². The Labute approximate surface area is 132 Å². The third-order valence-corrected chi connectivity index (χ3v) is 5.30. The summed E-state index contributed by atoms with van der Waals surface area (Å²) < 4.78 is 0. The van der Waals surface area contributed by atoms with Crippen LogP contribution < -0.4 is 5.32 Å². The molecule has 0 heterocycles. The second kappa shape index (κ2) is 8.51. The van der Waals surface area contributed by atoms with Gasteiger partial charge in [-0.2, -0.15) is 0 Å². The van der Waals surface area contributed by atoms with Crippen LogP contribution >= 0.6 is 0 Å². The van der Waals surface area contributed by atoms with Crippen molar-refractivity contribution < 1.29 is 19.8 Å². The number of amides is 1. The van der Waals surface area contributed by atoms with Gasteiger partial charge >= 0.3 is 6.09 Å². The highest BCUT2D eigenvalue weighted by Gasteiger charge is 2.34. The van der Waals surface area contributed by atoms with E-state index >= 15 is 0 Å². The summed E-state index contributed by atoms with van der Waals surface area (Å²) >= 11 is 0. The summed E-state index contributed by atoms with van der Waals surface area (Å²) in [7, 11) is 0. The Hall–Kier alpha value is -1.10. The SMILES string of the molecule is O=C(O)N[C@@H](CC1CCCCC1)[C@@H](O)C(=O)C1CCCCC1. The normalized spacial score (nSPS) is 23.7. The van der Waals surface area contributed by atoms with Crippen LogP contribution in [0.2, 0.25) is 0 Å². The summed E-state index contributed by atoms with van der Waals surface area (Å²) in [6.45, 7) is 0. The zero-order chi connectivity index (χ0) is 15.9. The Morgan fingerprint density at radius 3 is 2.05 bits per heavy atom. The summed E-state index contributed by atoms with van der Waals surface area (Å²) in [5.41, 5.74) is 0. The quantitative estimate of drug-likeness (QED) is 0.703. The lowest BCUT2D eigenvalue weighted by Crippen LogP contribution is -2.49. The number of nitrogens with one attached hydrogen (secondary N) is 1. The molecule has 2 atom stereocenters. The highest BCUT2D eigenvalue weighted by atomic mass is 16.4. The number of Topliss-reactive ketones (excluding diaryl/α,β-unsaturated/α-hetero) is 1. The van der Waals surface area contributed by atoms with E-state index in [9.17, 15) is 14.7 Å². The van der Waals surface area contributed by atoms with E-state index in [-0.39, 0.29) is 11.7 Å². The van der Waals surface area contributed by atoms with E-state index in [1.807, 2.05) is 0 Å². The van der Waals surface area contributed by atoms with Crippen LogP contribution in [0.25, 0.3) is 0 Å². The van der Waals surface area contributed by atoms with Crippen molar-refractivity contribution >= 4 is 11.9 Å². The summed E-state index contributed by atoms with van der Waals surface area (Å²) in [4.78, 5) is 23.5. The number of rotatable bonds is 6. The van der Waals surface area contributed by atoms with E-state index < -0.39 is 18.2 Å². The summed E-state index contributed by atoms with van der Waals surface area (Å²) in [5.74, 6) is 0.168. The molecule has 126 valence electrons. The Balaban J connectivity index is 1.95. The van der Waals surface area contributed by atoms with Gasteiger partial charge in [0.25, 0.3) is 0 Å². The van der Waals surface area contributed by atoms with Crippen LogP contribution in [-0.4, -0.2) is 34.2 Å². The third-order valence-electron chi connectivity index (χ3n) is 5.30. The van der Waals surface area contributed by atoms with E-state index in [1.54, 1.807) is 0 Å². The minimum Gasteiger partial charge on any atom is -0.465 e. The predicted molar refractivity (Wildman–Crippen MR) is 83.7 cm³/mol. The molecule has 0 unspecified atom stereocenters. The van der Waals surface area contributed by atoms with Crippen molar-refractivity contribution in [1.82, 2.24) is 5.32 Å². The molecule has 1 amide bonds. The Morgan fingerprint density at radius 2 is 1.50 bits per heavy atom. The molecule has 0 aliphatic heterocycles. The molecule has 0 saturated heterocycles. The van der Waals surface area contributed by atoms with Crippen LogP contribution in [0.1, 0.15) is 70.6 Å². The first-order chi connectivity index (χ1) is 10.6. The van der Waals surface area contributed by atoms with Crippen molar-refractivity contribution in [2.45, 2.75) is 82.8 Å². The Morgan fingerprint density at radius 1 is 0.955 bits per heavy atom. The lowest BCUT2D eigenvalue weighted by molar-refractivity contribution is -0.133. The van der Waals surface area contributed by atoms with Gasteiger partial charge in [0.1, 0.15) is 6.10 Å². The number of carbonyl (C=O) groups is 2. The van der Waals surface area contributed by atoms with E-state index in [0.29, 0.717) is 12.3 Å². The molecule has 2 rings (SSSR count). The van der Waals surface area contributed by atoms with E-state index in [2.05, 4.69) is 5.32 Å². The second-order valence-corrected chi connectivity index (χ2v) is 6.98. The topological polar surface area (TPSA) is 86.6 Å². The van der Waals surface area contributed by atoms with Crippen LogP contribution in [0, 0.1) is 11.8 Å². The first kappa shape index (κ1) is 17.3. The maximum Gasteiger partial charge on any atom is 0.404 e. The summed E-state index contributed by atoms with van der Waals surface area (Å²) in [6, 6.07) is -0.657. The fourth-order valence-electron chi connectivity index (χ4n) is 4.03. The fraction of sp³-hybridized carbons (Fsp3) is 0.882. The highest BCUT2D eigenvalue weighted by molar-refractivity contribution is 5.86. The molecule has 2 fully saturated rings. The van der Waals surface area contributed by atoms with Crippen LogP contribution in [0.5, 0.6) is 0 Å². The van der Waals surface area contributed by atoms with Crippen LogP contribution in [0.4, 0.5) is 4.79 Å². The zero-order valence-corrected chi connectivity index (χ0v) is 13.3. The van der Waals surface area contributed by atoms with Gasteiger partial charge < -0.3 is 15.5 Å². The first-order valence-electron chi connectivity index (χ1n) is 8.79. The van der Waals surface area contributed by atoms with Crippen LogP contribution in [-0.2, 0) is 4.79 Å². The number of aliphatic hydroxyl groups is 1. The average Bonchev–Trinajstić information content (AvgIpc) is 2.54. The van der Waals surface area contributed by atoms with Crippen LogP contribution in [0.15, 0.2) is 0 Å². The lowest BCUT2D eigenvalue weighted by atomic mass is 9.79. The molecule has 2 saturated carbocycles. The molecule has 0 radical (unpaired) electrons. The molecule has 0 aromatic rings. The molecule has 0 aromatic carbocycles. The van der Waals surface area contributed by atoms with Gasteiger partial charge in [0.05, 0.1) is 6.04 Å². The second-order valence-electron chi connectivity index (χ2n) is 6.98. The predicted octanol–water partition coefficient (Wildman–Crippen LogP) is 3.10. The van der Waals surface area contributed by atoms with Crippen molar-refractivity contribution in [2.24, 2.45) is 11.8 Å². The van der Waals surface area contributed by atoms with Crippen molar-refractivity contribution in [1.29, 1.82) is 0 Å². The zero-order valence-electron chi connectivity index (χ0n) is 13.3. The standard InChI is InChI=1S/C17H29NO4/c19-15(13-9-5-2-6-10-13)16(20)14(18-17(21)22)11-12-7-3-1-4-8-12/h12-14,16,18,20H,1-11H2,(H,21,22)/t14-,16+/m0/s1. The van der Waals surface area contributed by atoms with Gasteiger partial charge in [-0.15, -0.1) is 0 Å². The van der Waals surface area contributed by atoms with Crippen LogP contribution in [0.3, 0.4) is 0 Å². The van der Waals surface area contributed by atoms with Crippen molar-refractivity contribution in [3.8, 4) is 0 Å². The van der Waals surface area contributed by atoms with Crippen molar-refractivity contribution in [3.63, 3.8) is 0 Å². The maximum atomic E-state index is 12.5. The molecule has 22 heavy (non-hydrogen) atoms. The Bertz CT molecular complexity index is 373. The minimum atomic E-state index is -1.19.